The molecule has 4 heteroatoms. The molecule has 0 atom stereocenters. The second-order valence-corrected chi connectivity index (χ2v) is 5.06. The van der Waals surface area contributed by atoms with Gasteiger partial charge in [-0.2, -0.15) is 0 Å². The molecule has 1 aromatic carbocycles. The SMILES string of the molecule is CCN(CC)CCCNCc1ccc(C(N)=O)cc1C. The summed E-state index contributed by atoms with van der Waals surface area (Å²) in [6.45, 7) is 11.6. The van der Waals surface area contributed by atoms with Gasteiger partial charge in [-0.25, -0.2) is 0 Å². The van der Waals surface area contributed by atoms with Crippen LogP contribution < -0.4 is 11.1 Å². The molecule has 0 fully saturated rings. The maximum Gasteiger partial charge on any atom is 0.248 e. The van der Waals surface area contributed by atoms with Crippen molar-refractivity contribution in [2.45, 2.75) is 33.7 Å². The maximum absolute atomic E-state index is 11.1. The van der Waals surface area contributed by atoms with Crippen molar-refractivity contribution in [2.24, 2.45) is 5.73 Å². The molecule has 0 heterocycles. The Hall–Kier alpha value is -1.39. The molecule has 0 aliphatic carbocycles. The van der Waals surface area contributed by atoms with Gasteiger partial charge in [0.05, 0.1) is 0 Å². The summed E-state index contributed by atoms with van der Waals surface area (Å²) in [7, 11) is 0. The molecule has 0 aliphatic rings. The third kappa shape index (κ3) is 5.31. The highest BCUT2D eigenvalue weighted by atomic mass is 16.1. The van der Waals surface area contributed by atoms with Crippen molar-refractivity contribution < 1.29 is 4.79 Å². The molecule has 1 amide bonds. The topological polar surface area (TPSA) is 58.4 Å². The number of hydrogen-bond acceptors (Lipinski definition) is 3. The van der Waals surface area contributed by atoms with Crippen molar-refractivity contribution >= 4 is 5.91 Å². The van der Waals surface area contributed by atoms with Crippen LogP contribution in [0.5, 0.6) is 0 Å². The summed E-state index contributed by atoms with van der Waals surface area (Å²) >= 11 is 0. The molecule has 20 heavy (non-hydrogen) atoms. The zero-order chi connectivity index (χ0) is 15.0. The highest BCUT2D eigenvalue weighted by molar-refractivity contribution is 5.93. The molecule has 0 aliphatic heterocycles. The van der Waals surface area contributed by atoms with E-state index in [0.29, 0.717) is 5.56 Å². The number of amides is 1. The second kappa shape index (κ2) is 8.72. The van der Waals surface area contributed by atoms with E-state index in [2.05, 4.69) is 24.1 Å². The van der Waals surface area contributed by atoms with Gasteiger partial charge in [-0.3, -0.25) is 4.79 Å². The van der Waals surface area contributed by atoms with Crippen molar-refractivity contribution in [3.05, 3.63) is 34.9 Å². The Labute approximate surface area is 122 Å². The summed E-state index contributed by atoms with van der Waals surface area (Å²) < 4.78 is 0. The predicted octanol–water partition coefficient (Wildman–Crippen LogP) is 1.92. The van der Waals surface area contributed by atoms with Gasteiger partial charge in [0.25, 0.3) is 0 Å². The summed E-state index contributed by atoms with van der Waals surface area (Å²) in [4.78, 5) is 13.5. The van der Waals surface area contributed by atoms with Crippen molar-refractivity contribution in [1.29, 1.82) is 0 Å². The molecule has 0 unspecified atom stereocenters. The number of primary amides is 1. The van der Waals surface area contributed by atoms with Crippen LogP contribution in [0.2, 0.25) is 0 Å². The summed E-state index contributed by atoms with van der Waals surface area (Å²) in [5.74, 6) is -0.369. The molecular formula is C16H27N3O. The van der Waals surface area contributed by atoms with Crippen LogP contribution in [-0.4, -0.2) is 37.0 Å². The molecule has 0 saturated heterocycles. The standard InChI is InChI=1S/C16H27N3O/c1-4-19(5-2)10-6-9-18-12-15-8-7-14(16(17)20)11-13(15)3/h7-8,11,18H,4-6,9-10,12H2,1-3H3,(H2,17,20). The van der Waals surface area contributed by atoms with Gasteiger partial charge in [0.2, 0.25) is 5.91 Å². The number of nitrogens with two attached hydrogens (primary N) is 1. The van der Waals surface area contributed by atoms with Crippen LogP contribution in [0.1, 0.15) is 41.8 Å². The Bertz CT molecular complexity index is 428. The van der Waals surface area contributed by atoms with E-state index in [-0.39, 0.29) is 5.91 Å². The molecular weight excluding hydrogens is 250 g/mol. The minimum absolute atomic E-state index is 0.369. The number of aryl methyl sites for hydroxylation is 1. The van der Waals surface area contributed by atoms with Gasteiger partial charge in [0.15, 0.2) is 0 Å². The predicted molar refractivity (Wildman–Crippen MR) is 83.8 cm³/mol. The van der Waals surface area contributed by atoms with Crippen LogP contribution in [-0.2, 0) is 6.54 Å². The lowest BCUT2D eigenvalue weighted by atomic mass is 10.0. The monoisotopic (exact) mass is 277 g/mol. The first-order valence-electron chi connectivity index (χ1n) is 7.40. The molecule has 3 N–H and O–H groups in total. The lowest BCUT2D eigenvalue weighted by molar-refractivity contribution is 0.1000. The largest absolute Gasteiger partial charge is 0.366 e. The van der Waals surface area contributed by atoms with E-state index in [0.717, 1.165) is 44.7 Å². The number of rotatable bonds is 9. The zero-order valence-corrected chi connectivity index (χ0v) is 12.9. The Morgan fingerprint density at radius 2 is 2.00 bits per heavy atom. The zero-order valence-electron chi connectivity index (χ0n) is 12.9. The third-order valence-corrected chi connectivity index (χ3v) is 3.66. The first kappa shape index (κ1) is 16.7. The quantitative estimate of drug-likeness (QED) is 0.678. The van der Waals surface area contributed by atoms with Crippen LogP contribution in [0.25, 0.3) is 0 Å². The van der Waals surface area contributed by atoms with E-state index in [1.807, 2.05) is 19.1 Å². The van der Waals surface area contributed by atoms with Gasteiger partial charge in [-0.1, -0.05) is 19.9 Å². The van der Waals surface area contributed by atoms with E-state index in [1.54, 1.807) is 6.07 Å². The minimum atomic E-state index is -0.369. The molecule has 0 aromatic heterocycles. The van der Waals surface area contributed by atoms with Gasteiger partial charge in [0, 0.05) is 12.1 Å². The smallest absolute Gasteiger partial charge is 0.248 e. The Morgan fingerprint density at radius 1 is 1.30 bits per heavy atom. The maximum atomic E-state index is 11.1. The third-order valence-electron chi connectivity index (χ3n) is 3.66. The highest BCUT2D eigenvalue weighted by Crippen LogP contribution is 2.10. The van der Waals surface area contributed by atoms with Gasteiger partial charge < -0.3 is 16.0 Å². The van der Waals surface area contributed by atoms with Crippen LogP contribution in [0.3, 0.4) is 0 Å². The number of hydrogen-bond donors (Lipinski definition) is 2. The van der Waals surface area contributed by atoms with Crippen LogP contribution >= 0.6 is 0 Å². The van der Waals surface area contributed by atoms with Crippen LogP contribution in [0.15, 0.2) is 18.2 Å². The molecule has 1 rings (SSSR count). The fourth-order valence-corrected chi connectivity index (χ4v) is 2.24. The Morgan fingerprint density at radius 3 is 2.55 bits per heavy atom. The fraction of sp³-hybridized carbons (Fsp3) is 0.562. The average Bonchev–Trinajstić information content (AvgIpc) is 2.44. The number of carbonyl (C=O) groups excluding carboxylic acids is 1. The van der Waals surface area contributed by atoms with Gasteiger partial charge in [0.1, 0.15) is 0 Å². The van der Waals surface area contributed by atoms with Crippen molar-refractivity contribution in [2.75, 3.05) is 26.2 Å². The lowest BCUT2D eigenvalue weighted by Gasteiger charge is -2.17. The van der Waals surface area contributed by atoms with E-state index in [1.165, 1.54) is 5.56 Å². The molecule has 0 saturated carbocycles. The van der Waals surface area contributed by atoms with Gasteiger partial charge >= 0.3 is 0 Å². The van der Waals surface area contributed by atoms with E-state index < -0.39 is 0 Å². The molecule has 0 radical (unpaired) electrons. The first-order valence-corrected chi connectivity index (χ1v) is 7.40. The summed E-state index contributed by atoms with van der Waals surface area (Å²) in [5.41, 5.74) is 8.17. The Balaban J connectivity index is 2.34. The summed E-state index contributed by atoms with van der Waals surface area (Å²) in [6, 6.07) is 5.63. The highest BCUT2D eigenvalue weighted by Gasteiger charge is 2.04. The molecule has 0 bridgehead atoms. The van der Waals surface area contributed by atoms with Crippen LogP contribution in [0, 0.1) is 6.92 Å². The van der Waals surface area contributed by atoms with E-state index in [9.17, 15) is 4.79 Å². The molecule has 1 aromatic rings. The van der Waals surface area contributed by atoms with Crippen molar-refractivity contribution in [1.82, 2.24) is 10.2 Å². The number of carbonyl (C=O) groups is 1. The molecule has 0 spiro atoms. The minimum Gasteiger partial charge on any atom is -0.366 e. The van der Waals surface area contributed by atoms with E-state index >= 15 is 0 Å². The number of nitrogens with zero attached hydrogens (tertiary/aromatic N) is 1. The fourth-order valence-electron chi connectivity index (χ4n) is 2.24. The van der Waals surface area contributed by atoms with Crippen molar-refractivity contribution in [3.8, 4) is 0 Å². The summed E-state index contributed by atoms with van der Waals surface area (Å²) in [6.07, 6.45) is 1.15. The number of benzene rings is 1. The number of nitrogens with one attached hydrogen (secondary N) is 1. The second-order valence-electron chi connectivity index (χ2n) is 5.06. The molecule has 112 valence electrons. The first-order chi connectivity index (χ1) is 9.58. The van der Waals surface area contributed by atoms with Crippen molar-refractivity contribution in [3.63, 3.8) is 0 Å². The Kier molecular flexibility index (Phi) is 7.26. The molecule has 4 nitrogen and oxygen atoms in total. The van der Waals surface area contributed by atoms with Crippen LogP contribution in [0.4, 0.5) is 0 Å². The van der Waals surface area contributed by atoms with E-state index in [4.69, 9.17) is 5.73 Å². The van der Waals surface area contributed by atoms with Gasteiger partial charge in [-0.05, 0) is 62.8 Å². The lowest BCUT2D eigenvalue weighted by Crippen LogP contribution is -2.27. The summed E-state index contributed by atoms with van der Waals surface area (Å²) in [5, 5.41) is 3.45. The average molecular weight is 277 g/mol. The normalized spacial score (nSPS) is 11.0. The van der Waals surface area contributed by atoms with Gasteiger partial charge in [-0.15, -0.1) is 0 Å².